The summed E-state index contributed by atoms with van der Waals surface area (Å²) in [7, 11) is 0. The van der Waals surface area contributed by atoms with Gasteiger partial charge in [0.2, 0.25) is 0 Å². The zero-order valence-corrected chi connectivity index (χ0v) is 15.8. The number of hydrogen-bond donors (Lipinski definition) is 2. The van der Waals surface area contributed by atoms with Crippen LogP contribution in [0.4, 0.5) is 11.4 Å². The molecular formula is C20H22ClN3S. The Kier molecular flexibility index (Phi) is 4.65. The minimum atomic E-state index is -0.0908. The van der Waals surface area contributed by atoms with Crippen molar-refractivity contribution in [2.75, 3.05) is 16.8 Å². The lowest BCUT2D eigenvalue weighted by molar-refractivity contribution is 0.531. The maximum Gasteiger partial charge on any atom is 0.129 e. The van der Waals surface area contributed by atoms with Gasteiger partial charge in [0.05, 0.1) is 16.9 Å². The molecule has 25 heavy (non-hydrogen) atoms. The van der Waals surface area contributed by atoms with Crippen LogP contribution in [-0.2, 0) is 0 Å². The molecule has 1 saturated heterocycles. The maximum absolute atomic E-state index is 6.17. The fourth-order valence-electron chi connectivity index (χ4n) is 3.54. The molecule has 2 aromatic carbocycles. The normalized spacial score (nSPS) is 19.5. The lowest BCUT2D eigenvalue weighted by atomic mass is 9.87. The minimum absolute atomic E-state index is 0.0908. The van der Waals surface area contributed by atoms with E-state index in [1.165, 1.54) is 5.56 Å². The Morgan fingerprint density at radius 2 is 1.96 bits per heavy atom. The lowest BCUT2D eigenvalue weighted by Crippen LogP contribution is -2.56. The summed E-state index contributed by atoms with van der Waals surface area (Å²) in [5.41, 5.74) is 3.23. The van der Waals surface area contributed by atoms with Crippen molar-refractivity contribution in [3.8, 4) is 0 Å². The lowest BCUT2D eigenvalue weighted by Gasteiger charge is -2.43. The SMILES string of the molecule is CC(NC1=Nc2ccccc2NC12CCSCC2)c1cccc(Cl)c1. The van der Waals surface area contributed by atoms with Crippen LogP contribution in [0, 0.1) is 0 Å². The zero-order valence-electron chi connectivity index (χ0n) is 14.3. The second kappa shape index (κ2) is 6.93. The summed E-state index contributed by atoms with van der Waals surface area (Å²) < 4.78 is 0. The van der Waals surface area contributed by atoms with E-state index in [1.54, 1.807) is 0 Å². The van der Waals surface area contributed by atoms with Crippen molar-refractivity contribution in [2.45, 2.75) is 31.3 Å². The highest BCUT2D eigenvalue weighted by molar-refractivity contribution is 7.99. The number of anilines is 1. The van der Waals surface area contributed by atoms with Gasteiger partial charge < -0.3 is 10.6 Å². The fraction of sp³-hybridized carbons (Fsp3) is 0.350. The number of hydrogen-bond acceptors (Lipinski definition) is 4. The Morgan fingerprint density at radius 1 is 1.16 bits per heavy atom. The molecule has 0 saturated carbocycles. The Bertz CT molecular complexity index is 799. The molecule has 0 bridgehead atoms. The predicted molar refractivity (Wildman–Crippen MR) is 109 cm³/mol. The average molecular weight is 372 g/mol. The summed E-state index contributed by atoms with van der Waals surface area (Å²) in [6.45, 7) is 2.17. The first kappa shape index (κ1) is 16.8. The van der Waals surface area contributed by atoms with Crippen molar-refractivity contribution in [3.05, 3.63) is 59.1 Å². The van der Waals surface area contributed by atoms with Gasteiger partial charge in [0.15, 0.2) is 0 Å². The fourth-order valence-corrected chi connectivity index (χ4v) is 4.93. The second-order valence-electron chi connectivity index (χ2n) is 6.72. The van der Waals surface area contributed by atoms with Crippen LogP contribution >= 0.6 is 23.4 Å². The van der Waals surface area contributed by atoms with E-state index in [2.05, 4.69) is 41.8 Å². The largest absolute Gasteiger partial charge is 0.371 e. The molecule has 0 aliphatic carbocycles. The number of halogens is 1. The van der Waals surface area contributed by atoms with Crippen molar-refractivity contribution < 1.29 is 0 Å². The molecule has 1 spiro atoms. The molecule has 4 rings (SSSR count). The third-order valence-electron chi connectivity index (χ3n) is 5.01. The monoisotopic (exact) mass is 371 g/mol. The van der Waals surface area contributed by atoms with E-state index in [-0.39, 0.29) is 11.6 Å². The molecule has 2 aliphatic heterocycles. The van der Waals surface area contributed by atoms with Crippen molar-refractivity contribution in [3.63, 3.8) is 0 Å². The Hall–Kier alpha value is -1.65. The molecule has 1 unspecified atom stereocenters. The van der Waals surface area contributed by atoms with Crippen molar-refractivity contribution in [1.82, 2.24) is 5.32 Å². The minimum Gasteiger partial charge on any atom is -0.371 e. The van der Waals surface area contributed by atoms with E-state index < -0.39 is 0 Å². The number of aliphatic imine (C=N–C) groups is 1. The van der Waals surface area contributed by atoms with Gasteiger partial charge in [0.1, 0.15) is 5.84 Å². The summed E-state index contributed by atoms with van der Waals surface area (Å²) >= 11 is 8.19. The highest BCUT2D eigenvalue weighted by Gasteiger charge is 2.41. The molecule has 1 atom stereocenters. The van der Waals surface area contributed by atoms with Crippen LogP contribution < -0.4 is 10.6 Å². The molecule has 130 valence electrons. The summed E-state index contributed by atoms with van der Waals surface area (Å²) in [4.78, 5) is 5.01. The van der Waals surface area contributed by atoms with Crippen LogP contribution in [0.5, 0.6) is 0 Å². The van der Waals surface area contributed by atoms with E-state index in [9.17, 15) is 0 Å². The van der Waals surface area contributed by atoms with Gasteiger partial charge in [0.25, 0.3) is 0 Å². The summed E-state index contributed by atoms with van der Waals surface area (Å²) in [5.74, 6) is 3.36. The van der Waals surface area contributed by atoms with Gasteiger partial charge in [-0.2, -0.15) is 11.8 Å². The van der Waals surface area contributed by atoms with Crippen molar-refractivity contribution in [1.29, 1.82) is 0 Å². The highest BCUT2D eigenvalue weighted by atomic mass is 35.5. The Morgan fingerprint density at radius 3 is 2.76 bits per heavy atom. The molecule has 3 nitrogen and oxygen atoms in total. The van der Waals surface area contributed by atoms with Gasteiger partial charge in [-0.05, 0) is 61.1 Å². The molecule has 2 aromatic rings. The standard InChI is InChI=1S/C20H22ClN3S/c1-14(15-5-4-6-16(21)13-15)22-19-20(9-11-25-12-10-20)24-18-8-3-2-7-17(18)23-19/h2-8,13-14,24H,9-12H2,1H3,(H,22,23). The second-order valence-corrected chi connectivity index (χ2v) is 8.38. The summed E-state index contributed by atoms with van der Waals surface area (Å²) in [6, 6.07) is 16.5. The van der Waals surface area contributed by atoms with Crippen LogP contribution in [-0.4, -0.2) is 22.9 Å². The van der Waals surface area contributed by atoms with Crippen LogP contribution in [0.3, 0.4) is 0 Å². The van der Waals surface area contributed by atoms with Gasteiger partial charge in [-0.3, -0.25) is 0 Å². The molecule has 2 heterocycles. The van der Waals surface area contributed by atoms with Crippen LogP contribution in [0.25, 0.3) is 0 Å². The number of nitrogens with zero attached hydrogens (tertiary/aromatic N) is 1. The van der Waals surface area contributed by atoms with Crippen molar-refractivity contribution >= 4 is 40.6 Å². The van der Waals surface area contributed by atoms with Gasteiger partial charge in [0, 0.05) is 11.1 Å². The first-order chi connectivity index (χ1) is 12.2. The van der Waals surface area contributed by atoms with E-state index in [0.717, 1.165) is 46.6 Å². The smallest absolute Gasteiger partial charge is 0.129 e. The van der Waals surface area contributed by atoms with Crippen LogP contribution in [0.1, 0.15) is 31.4 Å². The third-order valence-corrected chi connectivity index (χ3v) is 6.23. The van der Waals surface area contributed by atoms with E-state index >= 15 is 0 Å². The van der Waals surface area contributed by atoms with Gasteiger partial charge in [-0.25, -0.2) is 4.99 Å². The molecular weight excluding hydrogens is 350 g/mol. The number of thioether (sulfide) groups is 1. The van der Waals surface area contributed by atoms with Gasteiger partial charge >= 0.3 is 0 Å². The van der Waals surface area contributed by atoms with Crippen LogP contribution in [0.2, 0.25) is 5.02 Å². The first-order valence-electron chi connectivity index (χ1n) is 8.72. The average Bonchev–Trinajstić information content (AvgIpc) is 2.63. The Labute approximate surface area is 158 Å². The number of benzene rings is 2. The van der Waals surface area contributed by atoms with E-state index in [0.29, 0.717) is 0 Å². The molecule has 0 radical (unpaired) electrons. The molecule has 1 fully saturated rings. The summed E-state index contributed by atoms with van der Waals surface area (Å²) in [5, 5.41) is 8.25. The number of nitrogens with one attached hydrogen (secondary N) is 2. The van der Waals surface area contributed by atoms with Crippen molar-refractivity contribution in [2.24, 2.45) is 4.99 Å². The molecule has 5 heteroatoms. The maximum atomic E-state index is 6.17. The third kappa shape index (κ3) is 3.38. The predicted octanol–water partition coefficient (Wildman–Crippen LogP) is 5.41. The van der Waals surface area contributed by atoms with E-state index in [1.807, 2.05) is 36.0 Å². The molecule has 2 aliphatic rings. The Balaban J connectivity index is 1.67. The molecule has 0 aromatic heterocycles. The topological polar surface area (TPSA) is 36.4 Å². The highest BCUT2D eigenvalue weighted by Crippen LogP contribution is 2.39. The van der Waals surface area contributed by atoms with Gasteiger partial charge in [-0.15, -0.1) is 0 Å². The number of fused-ring (bicyclic) bond motifs is 1. The van der Waals surface area contributed by atoms with E-state index in [4.69, 9.17) is 16.6 Å². The molecule has 2 N–H and O–H groups in total. The number of para-hydroxylation sites is 2. The quantitative estimate of drug-likeness (QED) is 0.740. The molecule has 0 amide bonds. The van der Waals surface area contributed by atoms with Gasteiger partial charge in [-0.1, -0.05) is 35.9 Å². The number of amidine groups is 1. The number of rotatable bonds is 2. The summed E-state index contributed by atoms with van der Waals surface area (Å²) in [6.07, 6.45) is 2.17. The zero-order chi connectivity index (χ0) is 17.3. The van der Waals surface area contributed by atoms with Crippen LogP contribution in [0.15, 0.2) is 53.5 Å². The first-order valence-corrected chi connectivity index (χ1v) is 10.3.